The van der Waals surface area contributed by atoms with E-state index < -0.39 is 5.91 Å². The first-order valence-electron chi connectivity index (χ1n) is 8.25. The average molecular weight is 419 g/mol. The Hall–Kier alpha value is -2.34. The van der Waals surface area contributed by atoms with E-state index in [4.69, 9.17) is 4.74 Å². The quantitative estimate of drug-likeness (QED) is 0.739. The van der Waals surface area contributed by atoms with Crippen LogP contribution in [-0.4, -0.2) is 18.4 Å². The Balaban J connectivity index is 1.84. The first-order chi connectivity index (χ1) is 12.2. The molecule has 2 rings (SSSR count). The van der Waals surface area contributed by atoms with Gasteiger partial charge in [-0.2, -0.15) is 0 Å². The lowest BCUT2D eigenvalue weighted by Gasteiger charge is -2.19. The third kappa shape index (κ3) is 5.59. The molecule has 0 aromatic heterocycles. The van der Waals surface area contributed by atoms with Crippen LogP contribution in [0.15, 0.2) is 46.9 Å². The number of hydrazine groups is 1. The third-order valence-corrected chi connectivity index (χ3v) is 4.39. The highest BCUT2D eigenvalue weighted by Crippen LogP contribution is 2.25. The van der Waals surface area contributed by atoms with Crippen molar-refractivity contribution in [1.82, 2.24) is 10.9 Å². The summed E-state index contributed by atoms with van der Waals surface area (Å²) < 4.78 is 6.21. The molecule has 2 amide bonds. The van der Waals surface area contributed by atoms with Crippen LogP contribution in [0.25, 0.3) is 0 Å². The molecule has 0 spiro atoms. The highest BCUT2D eigenvalue weighted by Gasteiger charge is 2.14. The smallest absolute Gasteiger partial charge is 0.276 e. The lowest BCUT2D eigenvalue weighted by Crippen LogP contribution is -2.43. The molecule has 0 aliphatic carbocycles. The molecule has 0 radical (unpaired) electrons. The summed E-state index contributed by atoms with van der Waals surface area (Å²) in [4.78, 5) is 24.0. The first-order valence-corrected chi connectivity index (χ1v) is 9.05. The Labute approximate surface area is 162 Å². The Morgan fingerprint density at radius 2 is 1.69 bits per heavy atom. The van der Waals surface area contributed by atoms with Gasteiger partial charge in [-0.1, -0.05) is 39.0 Å². The van der Waals surface area contributed by atoms with E-state index in [0.717, 1.165) is 15.6 Å². The molecule has 2 aromatic carbocycles. The largest absolute Gasteiger partial charge is 0.483 e. The fourth-order valence-corrected chi connectivity index (χ4v) is 2.83. The van der Waals surface area contributed by atoms with Crippen LogP contribution < -0.4 is 15.6 Å². The zero-order chi connectivity index (χ0) is 19.3. The Bertz CT molecular complexity index is 796. The summed E-state index contributed by atoms with van der Waals surface area (Å²) in [6.07, 6.45) is 0. The second-order valence-corrected chi connectivity index (χ2v) is 7.91. The summed E-state index contributed by atoms with van der Waals surface area (Å²) in [5.41, 5.74) is 7.44. The number of ether oxygens (including phenoxy) is 1. The van der Waals surface area contributed by atoms with Gasteiger partial charge in [-0.15, -0.1) is 0 Å². The predicted molar refractivity (Wildman–Crippen MR) is 105 cm³/mol. The maximum atomic E-state index is 12.1. The maximum absolute atomic E-state index is 12.1. The number of hydrogen-bond acceptors (Lipinski definition) is 3. The minimum atomic E-state index is -0.447. The molecule has 0 heterocycles. The summed E-state index contributed by atoms with van der Waals surface area (Å²) in [6, 6.07) is 12.9. The van der Waals surface area contributed by atoms with Gasteiger partial charge in [0.1, 0.15) is 5.75 Å². The Kier molecular flexibility index (Phi) is 6.42. The number of rotatable bonds is 4. The van der Waals surface area contributed by atoms with Gasteiger partial charge >= 0.3 is 0 Å². The predicted octanol–water partition coefficient (Wildman–Crippen LogP) is 3.90. The van der Waals surface area contributed by atoms with Crippen molar-refractivity contribution in [1.29, 1.82) is 0 Å². The molecule has 0 aliphatic rings. The van der Waals surface area contributed by atoms with Crippen LogP contribution in [0.3, 0.4) is 0 Å². The van der Waals surface area contributed by atoms with Crippen LogP contribution in [0.2, 0.25) is 0 Å². The van der Waals surface area contributed by atoms with Crippen LogP contribution in [-0.2, 0) is 10.2 Å². The highest BCUT2D eigenvalue weighted by atomic mass is 79.9. The Morgan fingerprint density at radius 1 is 1.04 bits per heavy atom. The maximum Gasteiger partial charge on any atom is 0.276 e. The van der Waals surface area contributed by atoms with Crippen molar-refractivity contribution >= 4 is 27.7 Å². The second-order valence-electron chi connectivity index (χ2n) is 7.05. The van der Waals surface area contributed by atoms with E-state index in [1.54, 1.807) is 18.2 Å². The number of carbonyl (C=O) groups is 2. The Morgan fingerprint density at radius 3 is 2.27 bits per heavy atom. The molecule has 0 saturated carbocycles. The lowest BCUT2D eigenvalue weighted by molar-refractivity contribution is -0.123. The number of benzene rings is 2. The zero-order valence-electron chi connectivity index (χ0n) is 15.4. The van der Waals surface area contributed by atoms with E-state index in [1.807, 2.05) is 31.2 Å². The summed E-state index contributed by atoms with van der Waals surface area (Å²) in [5.74, 6) is -0.262. The third-order valence-electron chi connectivity index (χ3n) is 3.77. The molecule has 6 heteroatoms. The number of carbonyl (C=O) groups excluding carboxylic acids is 2. The molecule has 0 fully saturated rings. The number of halogens is 1. The lowest BCUT2D eigenvalue weighted by atomic mass is 9.87. The normalized spacial score (nSPS) is 11.0. The van der Waals surface area contributed by atoms with Gasteiger partial charge in [-0.25, -0.2) is 0 Å². The van der Waals surface area contributed by atoms with Gasteiger partial charge in [0.15, 0.2) is 6.61 Å². The monoisotopic (exact) mass is 418 g/mol. The van der Waals surface area contributed by atoms with E-state index in [9.17, 15) is 9.59 Å². The fourth-order valence-electron chi connectivity index (χ4n) is 2.22. The van der Waals surface area contributed by atoms with E-state index in [1.165, 1.54) is 0 Å². The zero-order valence-corrected chi connectivity index (χ0v) is 16.9. The van der Waals surface area contributed by atoms with Crippen molar-refractivity contribution in [2.24, 2.45) is 0 Å². The van der Waals surface area contributed by atoms with Crippen molar-refractivity contribution in [3.05, 3.63) is 63.6 Å². The van der Waals surface area contributed by atoms with Crippen molar-refractivity contribution in [3.63, 3.8) is 0 Å². The number of nitrogens with one attached hydrogen (secondary N) is 2. The molecule has 2 N–H and O–H groups in total. The van der Waals surface area contributed by atoms with Gasteiger partial charge < -0.3 is 4.74 Å². The number of aryl methyl sites for hydroxylation is 1. The highest BCUT2D eigenvalue weighted by molar-refractivity contribution is 9.10. The fraction of sp³-hybridized carbons (Fsp3) is 0.300. The molecule has 0 aliphatic heterocycles. The molecule has 0 saturated heterocycles. The summed E-state index contributed by atoms with van der Waals surface area (Å²) in [5, 5.41) is 0. The van der Waals surface area contributed by atoms with E-state index in [0.29, 0.717) is 11.3 Å². The molecular weight excluding hydrogens is 396 g/mol. The molecule has 0 atom stereocenters. The van der Waals surface area contributed by atoms with Crippen LogP contribution in [0.4, 0.5) is 0 Å². The van der Waals surface area contributed by atoms with Crippen LogP contribution in [0.1, 0.15) is 42.3 Å². The standard InChI is InChI=1S/C20H23BrN2O3/c1-13-5-10-17(16(21)11-13)26-12-18(24)22-23-19(25)14-6-8-15(9-7-14)20(2,3)4/h5-11H,12H2,1-4H3,(H,22,24)(H,23,25). The topological polar surface area (TPSA) is 67.4 Å². The summed E-state index contributed by atoms with van der Waals surface area (Å²) in [7, 11) is 0. The van der Waals surface area contributed by atoms with Crippen molar-refractivity contribution < 1.29 is 14.3 Å². The van der Waals surface area contributed by atoms with Crippen molar-refractivity contribution in [3.8, 4) is 5.75 Å². The van der Waals surface area contributed by atoms with E-state index in [-0.39, 0.29) is 17.9 Å². The minimum Gasteiger partial charge on any atom is -0.483 e. The molecule has 138 valence electrons. The van der Waals surface area contributed by atoms with Gasteiger partial charge in [-0.05, 0) is 63.7 Å². The SMILES string of the molecule is Cc1ccc(OCC(=O)NNC(=O)c2ccc(C(C)(C)C)cc2)c(Br)c1. The molecule has 0 bridgehead atoms. The van der Waals surface area contributed by atoms with Gasteiger partial charge in [0, 0.05) is 5.56 Å². The van der Waals surface area contributed by atoms with Gasteiger partial charge in [0.05, 0.1) is 4.47 Å². The minimum absolute atomic E-state index is 0.0187. The van der Waals surface area contributed by atoms with Crippen molar-refractivity contribution in [2.45, 2.75) is 33.1 Å². The average Bonchev–Trinajstić information content (AvgIpc) is 2.58. The molecule has 0 unspecified atom stereocenters. The second kappa shape index (κ2) is 8.36. The molecule has 2 aromatic rings. The van der Waals surface area contributed by atoms with E-state index >= 15 is 0 Å². The number of hydrogen-bond donors (Lipinski definition) is 2. The van der Waals surface area contributed by atoms with Gasteiger partial charge in [0.25, 0.3) is 11.8 Å². The molecule has 26 heavy (non-hydrogen) atoms. The van der Waals surface area contributed by atoms with E-state index in [2.05, 4.69) is 47.6 Å². The van der Waals surface area contributed by atoms with Crippen LogP contribution in [0.5, 0.6) is 5.75 Å². The summed E-state index contributed by atoms with van der Waals surface area (Å²) >= 11 is 3.38. The number of amides is 2. The first kappa shape index (κ1) is 20.0. The molecule has 5 nitrogen and oxygen atoms in total. The van der Waals surface area contributed by atoms with Crippen LogP contribution in [0, 0.1) is 6.92 Å². The van der Waals surface area contributed by atoms with Gasteiger partial charge in [0.2, 0.25) is 0 Å². The van der Waals surface area contributed by atoms with Crippen LogP contribution >= 0.6 is 15.9 Å². The van der Waals surface area contributed by atoms with Gasteiger partial charge in [-0.3, -0.25) is 20.4 Å². The molecular formula is C20H23BrN2O3. The van der Waals surface area contributed by atoms with Crippen molar-refractivity contribution in [2.75, 3.05) is 6.61 Å². The summed E-state index contributed by atoms with van der Waals surface area (Å²) in [6.45, 7) is 8.08.